The van der Waals surface area contributed by atoms with Crippen LogP contribution in [0.15, 0.2) is 59.6 Å². The van der Waals surface area contributed by atoms with E-state index in [1.54, 1.807) is 0 Å². The van der Waals surface area contributed by atoms with Crippen LogP contribution in [-0.2, 0) is 6.54 Å². The average molecular weight is 492 g/mol. The number of para-hydroxylation sites is 1. The van der Waals surface area contributed by atoms with Crippen LogP contribution in [-0.4, -0.2) is 36.1 Å². The van der Waals surface area contributed by atoms with Crippen LogP contribution in [0.25, 0.3) is 0 Å². The van der Waals surface area contributed by atoms with E-state index in [4.69, 9.17) is 15.5 Å². The Balaban J connectivity index is 0.00000225. The number of likely N-dealkylation sites (tertiary alicyclic amines) is 1. The Bertz CT molecular complexity index is 790. The van der Waals surface area contributed by atoms with Gasteiger partial charge in [-0.25, -0.2) is 4.99 Å². The van der Waals surface area contributed by atoms with Gasteiger partial charge in [-0.05, 0) is 31.4 Å². The van der Waals surface area contributed by atoms with Crippen molar-refractivity contribution in [1.29, 1.82) is 0 Å². The molecule has 2 atom stereocenters. The Kier molecular flexibility index (Phi) is 7.18. The average Bonchev–Trinajstić information content (AvgIpc) is 2.99. The topological polar surface area (TPSA) is 62.9 Å². The fourth-order valence-electron chi connectivity index (χ4n) is 4.00. The Morgan fingerprint density at radius 1 is 1.11 bits per heavy atom. The molecule has 2 aliphatic rings. The highest BCUT2D eigenvalue weighted by molar-refractivity contribution is 14.0. The summed E-state index contributed by atoms with van der Waals surface area (Å²) in [5, 5.41) is 3.43. The summed E-state index contributed by atoms with van der Waals surface area (Å²) in [6, 6.07) is 19.1. The molecule has 2 unspecified atom stereocenters. The summed E-state index contributed by atoms with van der Waals surface area (Å²) >= 11 is 0. The smallest absolute Gasteiger partial charge is 0.189 e. The Morgan fingerprint density at radius 3 is 2.54 bits per heavy atom. The molecule has 150 valence electrons. The third kappa shape index (κ3) is 4.97. The Labute approximate surface area is 184 Å². The lowest BCUT2D eigenvalue weighted by Gasteiger charge is -2.32. The second-order valence-electron chi connectivity index (χ2n) is 7.50. The fraction of sp³-hybridized carbons (Fsp3) is 0.409. The molecule has 4 rings (SSSR count). The molecule has 2 heterocycles. The molecule has 0 spiro atoms. The number of rotatable bonds is 4. The van der Waals surface area contributed by atoms with E-state index in [0.717, 1.165) is 43.8 Å². The lowest BCUT2D eigenvalue weighted by atomic mass is 10.0. The van der Waals surface area contributed by atoms with Crippen molar-refractivity contribution >= 4 is 29.9 Å². The summed E-state index contributed by atoms with van der Waals surface area (Å²) in [6.07, 6.45) is 2.17. The van der Waals surface area contributed by atoms with Crippen molar-refractivity contribution in [2.24, 2.45) is 10.7 Å². The molecule has 2 aromatic rings. The summed E-state index contributed by atoms with van der Waals surface area (Å²) in [6.45, 7) is 5.21. The highest BCUT2D eigenvalue weighted by Gasteiger charge is 2.31. The second kappa shape index (κ2) is 9.60. The van der Waals surface area contributed by atoms with Crippen molar-refractivity contribution in [2.75, 3.05) is 13.1 Å². The summed E-state index contributed by atoms with van der Waals surface area (Å²) < 4.78 is 5.88. The fourth-order valence-corrected chi connectivity index (χ4v) is 4.00. The summed E-state index contributed by atoms with van der Waals surface area (Å²) in [7, 11) is 0. The van der Waals surface area contributed by atoms with Gasteiger partial charge in [-0.1, -0.05) is 48.5 Å². The maximum absolute atomic E-state index is 6.23. The molecule has 3 N–H and O–H groups in total. The van der Waals surface area contributed by atoms with Gasteiger partial charge in [0.1, 0.15) is 17.9 Å². The van der Waals surface area contributed by atoms with E-state index in [1.165, 1.54) is 5.56 Å². The summed E-state index contributed by atoms with van der Waals surface area (Å²) in [5.41, 5.74) is 8.72. The second-order valence-corrected chi connectivity index (χ2v) is 7.50. The first-order valence-corrected chi connectivity index (χ1v) is 9.81. The first kappa shape index (κ1) is 20.9. The van der Waals surface area contributed by atoms with E-state index >= 15 is 0 Å². The number of guanidine groups is 1. The van der Waals surface area contributed by atoms with Gasteiger partial charge in [0.25, 0.3) is 0 Å². The summed E-state index contributed by atoms with van der Waals surface area (Å²) in [4.78, 5) is 7.23. The monoisotopic (exact) mass is 492 g/mol. The van der Waals surface area contributed by atoms with Crippen LogP contribution in [0.3, 0.4) is 0 Å². The van der Waals surface area contributed by atoms with E-state index in [1.807, 2.05) is 25.1 Å². The normalized spacial score (nSPS) is 22.8. The van der Waals surface area contributed by atoms with Crippen LogP contribution in [0.1, 0.15) is 36.9 Å². The largest absolute Gasteiger partial charge is 0.488 e. The van der Waals surface area contributed by atoms with Crippen LogP contribution in [0.4, 0.5) is 0 Å². The van der Waals surface area contributed by atoms with Gasteiger partial charge in [0.15, 0.2) is 5.96 Å². The van der Waals surface area contributed by atoms with Gasteiger partial charge in [-0.15, -0.1) is 24.0 Å². The van der Waals surface area contributed by atoms with Gasteiger partial charge in [0.2, 0.25) is 0 Å². The van der Waals surface area contributed by atoms with E-state index in [2.05, 4.69) is 46.6 Å². The minimum absolute atomic E-state index is 0. The first-order chi connectivity index (χ1) is 13.2. The maximum Gasteiger partial charge on any atom is 0.189 e. The van der Waals surface area contributed by atoms with E-state index in [-0.39, 0.29) is 36.1 Å². The minimum Gasteiger partial charge on any atom is -0.488 e. The van der Waals surface area contributed by atoms with Crippen LogP contribution >= 0.6 is 24.0 Å². The van der Waals surface area contributed by atoms with Crippen molar-refractivity contribution < 1.29 is 4.74 Å². The van der Waals surface area contributed by atoms with Crippen LogP contribution in [0, 0.1) is 0 Å². The van der Waals surface area contributed by atoms with E-state index in [0.29, 0.717) is 12.0 Å². The number of halogens is 1. The number of nitrogens with two attached hydrogens (primary N) is 1. The van der Waals surface area contributed by atoms with Crippen molar-refractivity contribution in [2.45, 2.75) is 44.5 Å². The number of aliphatic imine (C=N–C) groups is 1. The lowest BCUT2D eigenvalue weighted by Crippen LogP contribution is -2.47. The number of hydrogen-bond acceptors (Lipinski definition) is 3. The van der Waals surface area contributed by atoms with Crippen LogP contribution in [0.2, 0.25) is 0 Å². The van der Waals surface area contributed by atoms with Crippen molar-refractivity contribution in [3.8, 4) is 5.75 Å². The molecule has 2 aromatic carbocycles. The molecule has 0 amide bonds. The standard InChI is InChI=1S/C22H28N4O.HI/c1-16-21(19-9-5-6-10-20(19)27-16)25-22(23)24-18-11-13-26(14-12-18)15-17-7-3-2-4-8-17;/h2-10,16,18,21H,11-15H2,1H3,(H3,23,24,25);1H. The van der Waals surface area contributed by atoms with Crippen molar-refractivity contribution in [1.82, 2.24) is 10.2 Å². The third-order valence-corrected chi connectivity index (χ3v) is 5.46. The van der Waals surface area contributed by atoms with E-state index < -0.39 is 0 Å². The predicted octanol–water partition coefficient (Wildman–Crippen LogP) is 3.70. The molecule has 6 heteroatoms. The number of hydrogen-bond donors (Lipinski definition) is 2. The van der Waals surface area contributed by atoms with E-state index in [9.17, 15) is 0 Å². The molecule has 0 aliphatic carbocycles. The first-order valence-electron chi connectivity index (χ1n) is 9.81. The van der Waals surface area contributed by atoms with Crippen molar-refractivity contribution in [3.63, 3.8) is 0 Å². The lowest BCUT2D eigenvalue weighted by molar-refractivity contribution is 0.198. The van der Waals surface area contributed by atoms with Gasteiger partial charge in [0.05, 0.1) is 0 Å². The highest BCUT2D eigenvalue weighted by Crippen LogP contribution is 2.38. The quantitative estimate of drug-likeness (QED) is 0.388. The highest BCUT2D eigenvalue weighted by atomic mass is 127. The molecular weight excluding hydrogens is 463 g/mol. The SMILES string of the molecule is CC1Oc2ccccc2C1N=C(N)NC1CCN(Cc2ccccc2)CC1.I. The number of ether oxygens (including phenoxy) is 1. The molecular formula is C22H29IN4O. The molecule has 0 aromatic heterocycles. The number of nitrogens with zero attached hydrogens (tertiary/aromatic N) is 2. The maximum atomic E-state index is 6.23. The molecule has 0 saturated carbocycles. The minimum atomic E-state index is -0.0353. The molecule has 1 saturated heterocycles. The zero-order valence-electron chi connectivity index (χ0n) is 16.3. The third-order valence-electron chi connectivity index (χ3n) is 5.46. The zero-order chi connectivity index (χ0) is 18.6. The number of fused-ring (bicyclic) bond motifs is 1. The Hall–Kier alpha value is -1.80. The summed E-state index contributed by atoms with van der Waals surface area (Å²) in [5.74, 6) is 1.44. The van der Waals surface area contributed by atoms with Gasteiger partial charge < -0.3 is 15.8 Å². The van der Waals surface area contributed by atoms with Gasteiger partial charge in [-0.3, -0.25) is 4.90 Å². The molecule has 2 aliphatic heterocycles. The van der Waals surface area contributed by atoms with Crippen molar-refractivity contribution in [3.05, 3.63) is 65.7 Å². The van der Waals surface area contributed by atoms with Crippen LogP contribution < -0.4 is 15.8 Å². The molecule has 5 nitrogen and oxygen atoms in total. The molecule has 1 fully saturated rings. The Morgan fingerprint density at radius 2 is 1.79 bits per heavy atom. The predicted molar refractivity (Wildman–Crippen MR) is 124 cm³/mol. The number of benzene rings is 2. The number of piperidine rings is 1. The molecule has 0 bridgehead atoms. The van der Waals surface area contributed by atoms with Gasteiger partial charge in [-0.2, -0.15) is 0 Å². The molecule has 0 radical (unpaired) electrons. The zero-order valence-corrected chi connectivity index (χ0v) is 18.6. The molecule has 28 heavy (non-hydrogen) atoms. The van der Waals surface area contributed by atoms with Gasteiger partial charge >= 0.3 is 0 Å². The van der Waals surface area contributed by atoms with Crippen LogP contribution in [0.5, 0.6) is 5.75 Å². The van der Waals surface area contributed by atoms with Gasteiger partial charge in [0, 0.05) is 31.2 Å². The number of nitrogens with one attached hydrogen (secondary N) is 1.